The first-order valence-corrected chi connectivity index (χ1v) is 3.24. The summed E-state index contributed by atoms with van der Waals surface area (Å²) in [6.45, 7) is 0. The van der Waals surface area contributed by atoms with Crippen molar-refractivity contribution in [3.05, 3.63) is 5.21 Å². The van der Waals surface area contributed by atoms with E-state index < -0.39 is 5.75 Å². The van der Waals surface area contributed by atoms with Crippen LogP contribution in [0.2, 0.25) is 0 Å². The number of anilines is 2. The number of aromatic nitrogens is 2. The van der Waals surface area contributed by atoms with Gasteiger partial charge in [0.15, 0.2) is 0 Å². The summed E-state index contributed by atoms with van der Waals surface area (Å²) in [7, 11) is 0. The Hall–Kier alpha value is -2.25. The van der Waals surface area contributed by atoms with E-state index in [1.807, 2.05) is 0 Å². The van der Waals surface area contributed by atoms with Crippen LogP contribution in [0, 0.1) is 5.21 Å². The molecule has 0 saturated heterocycles. The zero-order valence-electron chi connectivity index (χ0n) is 6.26. The molecule has 8 nitrogen and oxygen atoms in total. The Kier molecular flexibility index (Phi) is 1.09. The molecule has 0 atom stereocenters. The highest BCUT2D eigenvalue weighted by molar-refractivity contribution is 5.90. The van der Waals surface area contributed by atoms with Crippen molar-refractivity contribution in [1.82, 2.24) is 4.85 Å². The van der Waals surface area contributed by atoms with Gasteiger partial charge in [-0.25, -0.2) is 0 Å². The second-order valence-corrected chi connectivity index (χ2v) is 2.44. The van der Waals surface area contributed by atoms with E-state index >= 15 is 0 Å². The zero-order chi connectivity index (χ0) is 9.75. The van der Waals surface area contributed by atoms with Crippen LogP contribution in [0.3, 0.4) is 0 Å². The largest absolute Gasteiger partial charge is 0.690 e. The van der Waals surface area contributed by atoms with E-state index in [2.05, 4.69) is 0 Å². The lowest BCUT2D eigenvalue weighted by molar-refractivity contribution is -0.709. The van der Waals surface area contributed by atoms with Crippen LogP contribution in [0.1, 0.15) is 0 Å². The van der Waals surface area contributed by atoms with E-state index in [1.54, 1.807) is 0 Å². The molecule has 2 aromatic rings. The van der Waals surface area contributed by atoms with Crippen LogP contribution in [-0.2, 0) is 0 Å². The molecule has 0 aliphatic rings. The molecule has 0 saturated carbocycles. The van der Waals surface area contributed by atoms with Gasteiger partial charge in [-0.3, -0.25) is 5.73 Å². The maximum atomic E-state index is 10.9. The van der Waals surface area contributed by atoms with E-state index in [-0.39, 0.29) is 32.5 Å². The van der Waals surface area contributed by atoms with Crippen LogP contribution in [0.25, 0.3) is 11.1 Å². The SMILES string of the molecule is Nc1oc2c(N)[n+]([O-])n(O)c2c1O. The third-order valence-corrected chi connectivity index (χ3v) is 1.70. The minimum absolute atomic E-state index is 0.0344. The quantitative estimate of drug-likeness (QED) is 0.236. The van der Waals surface area contributed by atoms with Gasteiger partial charge in [-0.15, -0.1) is 4.85 Å². The van der Waals surface area contributed by atoms with Crippen molar-refractivity contribution in [1.29, 1.82) is 0 Å². The molecule has 0 spiro atoms. The van der Waals surface area contributed by atoms with Crippen molar-refractivity contribution in [3.63, 3.8) is 0 Å². The zero-order valence-corrected chi connectivity index (χ0v) is 6.26. The van der Waals surface area contributed by atoms with Gasteiger partial charge < -0.3 is 25.7 Å². The lowest BCUT2D eigenvalue weighted by Crippen LogP contribution is -2.38. The number of furan rings is 1. The molecule has 2 aromatic heterocycles. The van der Waals surface area contributed by atoms with Crippen molar-refractivity contribution >= 4 is 22.8 Å². The molecular formula is C5H6N4O4. The van der Waals surface area contributed by atoms with Crippen LogP contribution in [0.5, 0.6) is 5.75 Å². The van der Waals surface area contributed by atoms with E-state index in [0.717, 1.165) is 0 Å². The summed E-state index contributed by atoms with van der Waals surface area (Å²) >= 11 is 0. The Labute approximate surface area is 70.7 Å². The highest BCUT2D eigenvalue weighted by Crippen LogP contribution is 2.35. The van der Waals surface area contributed by atoms with Crippen molar-refractivity contribution in [2.45, 2.75) is 0 Å². The molecule has 13 heavy (non-hydrogen) atoms. The Balaban J connectivity index is 3.01. The van der Waals surface area contributed by atoms with E-state index in [1.165, 1.54) is 0 Å². The third kappa shape index (κ3) is 0.662. The molecule has 8 heteroatoms. The van der Waals surface area contributed by atoms with Crippen molar-refractivity contribution in [2.75, 3.05) is 11.5 Å². The summed E-state index contributed by atoms with van der Waals surface area (Å²) in [4.78, 5) is 0.0766. The molecule has 0 aliphatic heterocycles. The molecule has 0 aromatic carbocycles. The van der Waals surface area contributed by atoms with Gasteiger partial charge in [-0.2, -0.15) is 0 Å². The van der Waals surface area contributed by atoms with Crippen LogP contribution in [-0.4, -0.2) is 15.2 Å². The first-order chi connectivity index (χ1) is 6.04. The fourth-order valence-corrected chi connectivity index (χ4v) is 1.07. The smallest absolute Gasteiger partial charge is 0.344 e. The van der Waals surface area contributed by atoms with E-state index in [9.17, 15) is 10.3 Å². The second kappa shape index (κ2) is 1.91. The summed E-state index contributed by atoms with van der Waals surface area (Å²) in [5.74, 6) is -1.19. The van der Waals surface area contributed by atoms with E-state index in [0.29, 0.717) is 0 Å². The normalized spacial score (nSPS) is 11.1. The van der Waals surface area contributed by atoms with Gasteiger partial charge in [0.1, 0.15) is 0 Å². The number of nitrogen functional groups attached to an aromatic ring is 2. The number of hydrogen-bond acceptors (Lipinski definition) is 6. The van der Waals surface area contributed by atoms with Crippen molar-refractivity contribution < 1.29 is 19.6 Å². The highest BCUT2D eigenvalue weighted by atomic mass is 16.6. The summed E-state index contributed by atoms with van der Waals surface area (Å²) in [6.07, 6.45) is 0. The Morgan fingerprint density at radius 1 is 1.46 bits per heavy atom. The summed E-state index contributed by atoms with van der Waals surface area (Å²) in [5, 5.41) is 29.2. The number of nitrogens with zero attached hydrogens (tertiary/aromatic N) is 2. The maximum Gasteiger partial charge on any atom is 0.344 e. The first-order valence-electron chi connectivity index (χ1n) is 3.24. The fraction of sp³-hybridized carbons (Fsp3) is 0. The molecule has 2 rings (SSSR count). The molecule has 70 valence electrons. The lowest BCUT2D eigenvalue weighted by atomic mass is 10.4. The molecule has 0 fully saturated rings. The summed E-state index contributed by atoms with van der Waals surface area (Å²) in [5.41, 5.74) is 10.0. The van der Waals surface area contributed by atoms with Gasteiger partial charge >= 0.3 is 5.82 Å². The van der Waals surface area contributed by atoms with Crippen LogP contribution in [0.4, 0.5) is 11.7 Å². The Morgan fingerprint density at radius 2 is 2.08 bits per heavy atom. The van der Waals surface area contributed by atoms with Crippen LogP contribution >= 0.6 is 0 Å². The molecule has 6 N–H and O–H groups in total. The minimum Gasteiger partial charge on any atom is -0.690 e. The maximum absolute atomic E-state index is 10.9. The average Bonchev–Trinajstić information content (AvgIpc) is 2.48. The number of rotatable bonds is 0. The second-order valence-electron chi connectivity index (χ2n) is 2.44. The molecule has 0 radical (unpaired) electrons. The Morgan fingerprint density at radius 3 is 2.62 bits per heavy atom. The first kappa shape index (κ1) is 7.40. The topological polar surface area (TPSA) is 138 Å². The van der Waals surface area contributed by atoms with Gasteiger partial charge in [0.25, 0.3) is 5.58 Å². The average molecular weight is 186 g/mol. The predicted molar refractivity (Wildman–Crippen MR) is 40.8 cm³/mol. The van der Waals surface area contributed by atoms with Gasteiger partial charge in [0.05, 0.1) is 0 Å². The summed E-state index contributed by atoms with van der Waals surface area (Å²) < 4.78 is 4.73. The van der Waals surface area contributed by atoms with Gasteiger partial charge in [-0.1, -0.05) is 0 Å². The van der Waals surface area contributed by atoms with Gasteiger partial charge in [0.2, 0.25) is 17.2 Å². The van der Waals surface area contributed by atoms with Crippen LogP contribution in [0.15, 0.2) is 4.42 Å². The molecule has 0 amide bonds. The standard InChI is InChI=1S/C5H6N4O4/c6-4-3-1(8(11)9(4)12)2(10)5(7)13-3/h10-11H,6-7H2. The lowest BCUT2D eigenvalue weighted by Gasteiger charge is -2.00. The van der Waals surface area contributed by atoms with E-state index in [4.69, 9.17) is 21.1 Å². The van der Waals surface area contributed by atoms with Gasteiger partial charge in [0, 0.05) is 0 Å². The number of aromatic hydroxyl groups is 1. The number of fused-ring (bicyclic) bond motifs is 1. The predicted octanol–water partition coefficient (Wildman–Crippen LogP) is -1.02. The fourth-order valence-electron chi connectivity index (χ4n) is 1.07. The molecular weight excluding hydrogens is 180 g/mol. The minimum atomic E-state index is -0.515. The number of hydrogen-bond donors (Lipinski definition) is 4. The molecule has 2 heterocycles. The monoisotopic (exact) mass is 186 g/mol. The van der Waals surface area contributed by atoms with Gasteiger partial charge in [-0.05, 0) is 4.85 Å². The molecule has 0 aliphatic carbocycles. The number of nitrogens with two attached hydrogens (primary N) is 2. The highest BCUT2D eigenvalue weighted by Gasteiger charge is 2.25. The van der Waals surface area contributed by atoms with Crippen LogP contribution < -0.4 is 16.3 Å². The Bertz CT molecular complexity index is 484. The summed E-state index contributed by atoms with van der Waals surface area (Å²) in [6, 6.07) is 0. The molecule has 0 bridgehead atoms. The molecule has 0 unspecified atom stereocenters. The van der Waals surface area contributed by atoms with Crippen molar-refractivity contribution in [3.8, 4) is 5.75 Å². The third-order valence-electron chi connectivity index (χ3n) is 1.70. The van der Waals surface area contributed by atoms with Crippen molar-refractivity contribution in [2.24, 2.45) is 0 Å².